The van der Waals surface area contributed by atoms with Crippen LogP contribution in [0.4, 0.5) is 0 Å². The van der Waals surface area contributed by atoms with E-state index in [4.69, 9.17) is 4.74 Å². The lowest BCUT2D eigenvalue weighted by molar-refractivity contribution is -0.136. The van der Waals surface area contributed by atoms with Gasteiger partial charge in [0.25, 0.3) is 0 Å². The minimum atomic E-state index is -0.230. The number of benzene rings is 1. The number of esters is 1. The average molecular weight is 284 g/mol. The van der Waals surface area contributed by atoms with Crippen LogP contribution >= 0.6 is 0 Å². The molecule has 1 aromatic carbocycles. The molecule has 0 aliphatic carbocycles. The van der Waals surface area contributed by atoms with E-state index in [-0.39, 0.29) is 5.97 Å². The molecular weight excluding hydrogens is 264 g/mol. The van der Waals surface area contributed by atoms with Gasteiger partial charge in [-0.05, 0) is 38.0 Å². The van der Waals surface area contributed by atoms with Gasteiger partial charge >= 0.3 is 5.97 Å². The highest BCUT2D eigenvalue weighted by atomic mass is 16.5. The summed E-state index contributed by atoms with van der Waals surface area (Å²) in [4.78, 5) is 17.6. The summed E-state index contributed by atoms with van der Waals surface area (Å²) in [5.74, 6) is -0.230. The molecule has 1 aliphatic rings. The number of H-pyrrole nitrogens is 1. The maximum Gasteiger partial charge on any atom is 0.335 e. The van der Waals surface area contributed by atoms with Crippen molar-refractivity contribution in [1.82, 2.24) is 9.88 Å². The first-order chi connectivity index (χ1) is 10.1. The fraction of sp³-hybridized carbons (Fsp3) is 0.353. The van der Waals surface area contributed by atoms with Gasteiger partial charge in [0.1, 0.15) is 0 Å². The van der Waals surface area contributed by atoms with Crippen molar-refractivity contribution < 1.29 is 9.53 Å². The van der Waals surface area contributed by atoms with Crippen LogP contribution in [0.5, 0.6) is 0 Å². The molecule has 3 rings (SSSR count). The third-order valence-electron chi connectivity index (χ3n) is 4.05. The number of aromatic nitrogens is 1. The molecule has 0 bridgehead atoms. The van der Waals surface area contributed by atoms with Gasteiger partial charge in [-0.25, -0.2) is 4.79 Å². The SMILES string of the molecule is COC(=O)C1=C(c2cc3cc(C)ccc3[nH]2)N(C)CCC1. The van der Waals surface area contributed by atoms with E-state index in [0.29, 0.717) is 0 Å². The lowest BCUT2D eigenvalue weighted by Gasteiger charge is -2.29. The fourth-order valence-electron chi connectivity index (χ4n) is 3.02. The van der Waals surface area contributed by atoms with Gasteiger partial charge in [-0.3, -0.25) is 0 Å². The van der Waals surface area contributed by atoms with Crippen molar-refractivity contribution in [1.29, 1.82) is 0 Å². The average Bonchev–Trinajstić information content (AvgIpc) is 2.88. The predicted octanol–water partition coefficient (Wildman–Crippen LogP) is 3.09. The summed E-state index contributed by atoms with van der Waals surface area (Å²) in [6, 6.07) is 8.43. The Morgan fingerprint density at radius 1 is 1.33 bits per heavy atom. The van der Waals surface area contributed by atoms with Crippen molar-refractivity contribution in [3.63, 3.8) is 0 Å². The van der Waals surface area contributed by atoms with Crippen LogP contribution in [-0.2, 0) is 9.53 Å². The number of aryl methyl sites for hydroxylation is 1. The van der Waals surface area contributed by atoms with Gasteiger partial charge in [0.2, 0.25) is 0 Å². The van der Waals surface area contributed by atoms with E-state index in [9.17, 15) is 4.79 Å². The molecule has 0 fully saturated rings. The molecule has 0 unspecified atom stereocenters. The van der Waals surface area contributed by atoms with Gasteiger partial charge in [-0.1, -0.05) is 11.6 Å². The standard InChI is InChI=1S/C17H20N2O2/c1-11-6-7-14-12(9-11)10-15(18-14)16-13(17(20)21-3)5-4-8-19(16)2/h6-7,9-10,18H,4-5,8H2,1-3H3. The summed E-state index contributed by atoms with van der Waals surface area (Å²) in [7, 11) is 3.46. The Kier molecular flexibility index (Phi) is 3.45. The third kappa shape index (κ3) is 2.42. The largest absolute Gasteiger partial charge is 0.466 e. The highest BCUT2D eigenvalue weighted by molar-refractivity contribution is 5.98. The first-order valence-electron chi connectivity index (χ1n) is 7.22. The van der Waals surface area contributed by atoms with Gasteiger partial charge in [-0.2, -0.15) is 0 Å². The highest BCUT2D eigenvalue weighted by Gasteiger charge is 2.25. The van der Waals surface area contributed by atoms with Gasteiger partial charge in [-0.15, -0.1) is 0 Å². The molecule has 1 aromatic heterocycles. The number of nitrogens with one attached hydrogen (secondary N) is 1. The zero-order valence-corrected chi connectivity index (χ0v) is 12.7. The lowest BCUT2D eigenvalue weighted by atomic mass is 10.0. The monoisotopic (exact) mass is 284 g/mol. The lowest BCUT2D eigenvalue weighted by Crippen LogP contribution is -2.27. The Balaban J connectivity index is 2.16. The van der Waals surface area contributed by atoms with Crippen molar-refractivity contribution >= 4 is 22.6 Å². The first-order valence-corrected chi connectivity index (χ1v) is 7.22. The molecule has 1 N–H and O–H groups in total. The van der Waals surface area contributed by atoms with Crippen LogP contribution in [0.2, 0.25) is 0 Å². The second-order valence-corrected chi connectivity index (χ2v) is 5.62. The second kappa shape index (κ2) is 5.28. The zero-order valence-electron chi connectivity index (χ0n) is 12.7. The van der Waals surface area contributed by atoms with Gasteiger partial charge < -0.3 is 14.6 Å². The Bertz CT molecular complexity index is 727. The molecule has 110 valence electrons. The summed E-state index contributed by atoms with van der Waals surface area (Å²) < 4.78 is 4.95. The zero-order chi connectivity index (χ0) is 15.0. The van der Waals surface area contributed by atoms with Crippen LogP contribution < -0.4 is 0 Å². The highest BCUT2D eigenvalue weighted by Crippen LogP contribution is 2.31. The minimum Gasteiger partial charge on any atom is -0.466 e. The molecular formula is C17H20N2O2. The van der Waals surface area contributed by atoms with Crippen LogP contribution in [0.15, 0.2) is 29.8 Å². The summed E-state index contributed by atoms with van der Waals surface area (Å²) in [5.41, 5.74) is 5.02. The summed E-state index contributed by atoms with van der Waals surface area (Å²) in [6.45, 7) is 3.03. The smallest absolute Gasteiger partial charge is 0.335 e. The fourth-order valence-corrected chi connectivity index (χ4v) is 3.02. The molecule has 1 aliphatic heterocycles. The van der Waals surface area contributed by atoms with Crippen LogP contribution in [-0.4, -0.2) is 36.6 Å². The Hall–Kier alpha value is -2.23. The Morgan fingerprint density at radius 3 is 2.90 bits per heavy atom. The van der Waals surface area contributed by atoms with Crippen molar-refractivity contribution in [2.45, 2.75) is 19.8 Å². The Morgan fingerprint density at radius 2 is 2.14 bits per heavy atom. The summed E-state index contributed by atoms with van der Waals surface area (Å²) in [6.07, 6.45) is 1.74. The number of aromatic amines is 1. The number of carbonyl (C=O) groups is 1. The third-order valence-corrected chi connectivity index (χ3v) is 4.05. The molecule has 0 spiro atoms. The van der Waals surface area contributed by atoms with E-state index in [2.05, 4.69) is 41.1 Å². The normalized spacial score (nSPS) is 15.7. The van der Waals surface area contributed by atoms with Crippen molar-refractivity contribution in [2.75, 3.05) is 20.7 Å². The number of fused-ring (bicyclic) bond motifs is 1. The molecule has 21 heavy (non-hydrogen) atoms. The molecule has 0 amide bonds. The minimum absolute atomic E-state index is 0.230. The van der Waals surface area contributed by atoms with Gasteiger partial charge in [0, 0.05) is 24.5 Å². The number of rotatable bonds is 2. The quantitative estimate of drug-likeness (QED) is 0.862. The molecule has 4 nitrogen and oxygen atoms in total. The van der Waals surface area contributed by atoms with E-state index < -0.39 is 0 Å². The second-order valence-electron chi connectivity index (χ2n) is 5.62. The van der Waals surface area contributed by atoms with Gasteiger partial charge in [0.05, 0.1) is 24.1 Å². The maximum atomic E-state index is 12.0. The van der Waals surface area contributed by atoms with Crippen molar-refractivity contribution in [2.24, 2.45) is 0 Å². The predicted molar refractivity (Wildman–Crippen MR) is 83.8 cm³/mol. The number of hydrogen-bond acceptors (Lipinski definition) is 3. The van der Waals surface area contributed by atoms with E-state index in [0.717, 1.165) is 41.9 Å². The molecule has 2 aromatic rings. The topological polar surface area (TPSA) is 45.3 Å². The van der Waals surface area contributed by atoms with Gasteiger partial charge in [0.15, 0.2) is 0 Å². The van der Waals surface area contributed by atoms with E-state index in [1.54, 1.807) is 0 Å². The summed E-state index contributed by atoms with van der Waals surface area (Å²) in [5, 5.41) is 1.17. The Labute approximate surface area is 124 Å². The number of hydrogen-bond donors (Lipinski definition) is 1. The summed E-state index contributed by atoms with van der Waals surface area (Å²) >= 11 is 0. The maximum absolute atomic E-state index is 12.0. The number of carbonyl (C=O) groups excluding carboxylic acids is 1. The van der Waals surface area contributed by atoms with Crippen LogP contribution in [0.1, 0.15) is 24.1 Å². The van der Waals surface area contributed by atoms with Crippen LogP contribution in [0, 0.1) is 6.92 Å². The molecule has 4 heteroatoms. The van der Waals surface area contributed by atoms with Crippen molar-refractivity contribution in [3.05, 3.63) is 41.1 Å². The van der Waals surface area contributed by atoms with Crippen LogP contribution in [0.3, 0.4) is 0 Å². The molecule has 2 heterocycles. The molecule has 0 atom stereocenters. The molecule has 0 radical (unpaired) electrons. The van der Waals surface area contributed by atoms with E-state index in [1.807, 2.05) is 7.05 Å². The van der Waals surface area contributed by atoms with Crippen LogP contribution in [0.25, 0.3) is 16.6 Å². The first kappa shape index (κ1) is 13.7. The number of nitrogens with zero attached hydrogens (tertiary/aromatic N) is 1. The molecule has 0 saturated heterocycles. The number of ether oxygens (including phenoxy) is 1. The van der Waals surface area contributed by atoms with Crippen molar-refractivity contribution in [3.8, 4) is 0 Å². The molecule has 0 saturated carbocycles. The van der Waals surface area contributed by atoms with E-state index in [1.165, 1.54) is 18.1 Å². The van der Waals surface area contributed by atoms with E-state index >= 15 is 0 Å². The number of methoxy groups -OCH3 is 1.